The summed E-state index contributed by atoms with van der Waals surface area (Å²) in [5, 5.41) is 8.71. The Morgan fingerprint density at radius 1 is 1.05 bits per heavy atom. The van der Waals surface area contributed by atoms with E-state index in [9.17, 15) is 8.78 Å². The minimum Gasteiger partial charge on any atom is -0.494 e. The Morgan fingerprint density at radius 2 is 1.68 bits per heavy atom. The molecule has 0 heterocycles. The first kappa shape index (κ1) is 16.0. The summed E-state index contributed by atoms with van der Waals surface area (Å²) in [6, 6.07) is 10.4. The molecule has 0 aliphatic rings. The van der Waals surface area contributed by atoms with Crippen molar-refractivity contribution in [2.75, 3.05) is 6.61 Å². The molecule has 0 atom stereocenters. The number of nitriles is 1. The molecule has 0 N–H and O–H groups in total. The number of nitrogens with zero attached hydrogens (tertiary/aromatic N) is 1. The quantitative estimate of drug-likeness (QED) is 0.698. The van der Waals surface area contributed by atoms with Crippen LogP contribution in [0.15, 0.2) is 36.4 Å². The molecule has 2 rings (SSSR count). The highest BCUT2D eigenvalue weighted by molar-refractivity contribution is 5.66. The van der Waals surface area contributed by atoms with Crippen LogP contribution in [0.3, 0.4) is 0 Å². The highest BCUT2D eigenvalue weighted by Gasteiger charge is 2.13. The molecule has 22 heavy (non-hydrogen) atoms. The highest BCUT2D eigenvalue weighted by Crippen LogP contribution is 2.28. The smallest absolute Gasteiger partial charge is 0.135 e. The van der Waals surface area contributed by atoms with Crippen molar-refractivity contribution in [2.24, 2.45) is 0 Å². The van der Waals surface area contributed by atoms with Crippen LogP contribution in [0.4, 0.5) is 8.78 Å². The number of unbranched alkanes of at least 4 members (excludes halogenated alkanes) is 2. The molecule has 0 bridgehead atoms. The predicted octanol–water partition coefficient (Wildman–Crippen LogP) is 5.07. The van der Waals surface area contributed by atoms with Gasteiger partial charge in [0.05, 0.1) is 23.8 Å². The Bertz CT molecular complexity index is 651. The molecule has 0 fully saturated rings. The van der Waals surface area contributed by atoms with Crippen molar-refractivity contribution in [1.29, 1.82) is 5.26 Å². The van der Waals surface area contributed by atoms with Gasteiger partial charge >= 0.3 is 0 Å². The van der Waals surface area contributed by atoms with Gasteiger partial charge in [0.1, 0.15) is 17.4 Å². The molecule has 0 radical (unpaired) electrons. The topological polar surface area (TPSA) is 33.0 Å². The second-order valence-electron chi connectivity index (χ2n) is 5.01. The average Bonchev–Trinajstić information content (AvgIpc) is 2.52. The van der Waals surface area contributed by atoms with Gasteiger partial charge in [-0.05, 0) is 36.2 Å². The van der Waals surface area contributed by atoms with Crippen LogP contribution in [0.2, 0.25) is 0 Å². The van der Waals surface area contributed by atoms with Crippen LogP contribution in [0.1, 0.15) is 31.7 Å². The third kappa shape index (κ3) is 3.82. The van der Waals surface area contributed by atoms with Crippen LogP contribution >= 0.6 is 0 Å². The summed E-state index contributed by atoms with van der Waals surface area (Å²) in [5.74, 6) is -0.810. The molecule has 0 unspecified atom stereocenters. The van der Waals surface area contributed by atoms with E-state index in [1.165, 1.54) is 0 Å². The second-order valence-corrected chi connectivity index (χ2v) is 5.01. The number of benzene rings is 2. The monoisotopic (exact) mass is 301 g/mol. The SMILES string of the molecule is CCCCCOc1ccc(-c2c(F)cc(C#N)cc2F)cc1. The fourth-order valence-corrected chi connectivity index (χ4v) is 2.17. The normalized spacial score (nSPS) is 10.3. The number of hydrogen-bond donors (Lipinski definition) is 0. The molecule has 0 saturated carbocycles. The summed E-state index contributed by atoms with van der Waals surface area (Å²) < 4.78 is 33.5. The van der Waals surface area contributed by atoms with Crippen molar-refractivity contribution in [1.82, 2.24) is 0 Å². The first-order valence-corrected chi connectivity index (χ1v) is 7.28. The molecule has 2 aromatic rings. The van der Waals surface area contributed by atoms with Gasteiger partial charge in [0.15, 0.2) is 0 Å². The third-order valence-corrected chi connectivity index (χ3v) is 3.33. The maximum Gasteiger partial charge on any atom is 0.135 e. The highest BCUT2D eigenvalue weighted by atomic mass is 19.1. The average molecular weight is 301 g/mol. The van der Waals surface area contributed by atoms with Gasteiger partial charge in [-0.1, -0.05) is 31.9 Å². The summed E-state index contributed by atoms with van der Waals surface area (Å²) in [5.41, 5.74) is 0.256. The Labute approximate surface area is 129 Å². The molecule has 2 aromatic carbocycles. The summed E-state index contributed by atoms with van der Waals surface area (Å²) >= 11 is 0. The first-order chi connectivity index (χ1) is 10.7. The van der Waals surface area contributed by atoms with Crippen LogP contribution in [0.25, 0.3) is 11.1 Å². The van der Waals surface area contributed by atoms with E-state index >= 15 is 0 Å². The fraction of sp³-hybridized carbons (Fsp3) is 0.278. The van der Waals surface area contributed by atoms with Gasteiger partial charge < -0.3 is 4.74 Å². The lowest BCUT2D eigenvalue weighted by Gasteiger charge is -2.09. The molecule has 4 heteroatoms. The minimum absolute atomic E-state index is 0.0328. The summed E-state index contributed by atoms with van der Waals surface area (Å²) in [6.45, 7) is 2.75. The molecule has 0 aliphatic heterocycles. The summed E-state index contributed by atoms with van der Waals surface area (Å²) in [4.78, 5) is 0. The number of hydrogen-bond acceptors (Lipinski definition) is 2. The second kappa shape index (κ2) is 7.56. The zero-order valence-corrected chi connectivity index (χ0v) is 12.4. The Balaban J connectivity index is 2.16. The van der Waals surface area contributed by atoms with E-state index in [2.05, 4.69) is 6.92 Å². The Hall–Kier alpha value is -2.41. The van der Waals surface area contributed by atoms with Crippen molar-refractivity contribution >= 4 is 0 Å². The van der Waals surface area contributed by atoms with Crippen LogP contribution < -0.4 is 4.74 Å². The van der Waals surface area contributed by atoms with Gasteiger partial charge in [0.25, 0.3) is 0 Å². The molecule has 114 valence electrons. The van der Waals surface area contributed by atoms with Crippen molar-refractivity contribution in [3.63, 3.8) is 0 Å². The van der Waals surface area contributed by atoms with Gasteiger partial charge in [0, 0.05) is 0 Å². The van der Waals surface area contributed by atoms with E-state index in [0.29, 0.717) is 17.9 Å². The minimum atomic E-state index is -0.742. The molecule has 0 saturated heterocycles. The van der Waals surface area contributed by atoms with Crippen LogP contribution in [0, 0.1) is 23.0 Å². The molecule has 0 aromatic heterocycles. The first-order valence-electron chi connectivity index (χ1n) is 7.28. The zero-order valence-electron chi connectivity index (χ0n) is 12.4. The summed E-state index contributed by atoms with van der Waals surface area (Å²) in [6.07, 6.45) is 3.22. The number of halogens is 2. The van der Waals surface area contributed by atoms with Crippen molar-refractivity contribution in [3.05, 3.63) is 53.6 Å². The molecule has 0 spiro atoms. The fourth-order valence-electron chi connectivity index (χ4n) is 2.17. The molecule has 0 amide bonds. The predicted molar refractivity (Wildman–Crippen MR) is 81.5 cm³/mol. The van der Waals surface area contributed by atoms with Gasteiger partial charge in [0.2, 0.25) is 0 Å². The third-order valence-electron chi connectivity index (χ3n) is 3.33. The van der Waals surface area contributed by atoms with E-state index < -0.39 is 11.6 Å². The van der Waals surface area contributed by atoms with E-state index in [-0.39, 0.29) is 11.1 Å². The zero-order chi connectivity index (χ0) is 15.9. The van der Waals surface area contributed by atoms with Gasteiger partial charge in [-0.2, -0.15) is 5.26 Å². The largest absolute Gasteiger partial charge is 0.494 e. The molecular formula is C18H17F2NO. The number of rotatable bonds is 6. The van der Waals surface area contributed by atoms with Crippen LogP contribution in [-0.2, 0) is 0 Å². The Kier molecular flexibility index (Phi) is 5.48. The van der Waals surface area contributed by atoms with Crippen molar-refractivity contribution < 1.29 is 13.5 Å². The van der Waals surface area contributed by atoms with Crippen LogP contribution in [-0.4, -0.2) is 6.61 Å². The van der Waals surface area contributed by atoms with Crippen molar-refractivity contribution in [2.45, 2.75) is 26.2 Å². The lowest BCUT2D eigenvalue weighted by atomic mass is 10.0. The maximum atomic E-state index is 13.9. The van der Waals surface area contributed by atoms with E-state index in [1.54, 1.807) is 30.3 Å². The van der Waals surface area contributed by atoms with E-state index in [1.807, 2.05) is 0 Å². The van der Waals surface area contributed by atoms with E-state index in [4.69, 9.17) is 10.00 Å². The lowest BCUT2D eigenvalue weighted by Crippen LogP contribution is -1.97. The Morgan fingerprint density at radius 3 is 2.23 bits per heavy atom. The molecule has 2 nitrogen and oxygen atoms in total. The van der Waals surface area contributed by atoms with E-state index in [0.717, 1.165) is 31.4 Å². The van der Waals surface area contributed by atoms with Gasteiger partial charge in [-0.25, -0.2) is 8.78 Å². The summed E-state index contributed by atoms with van der Waals surface area (Å²) in [7, 11) is 0. The number of ether oxygens (including phenoxy) is 1. The van der Waals surface area contributed by atoms with Crippen molar-refractivity contribution in [3.8, 4) is 22.9 Å². The molecule has 0 aliphatic carbocycles. The standard InChI is InChI=1S/C18H17F2NO/c1-2-3-4-9-22-15-7-5-14(6-8-15)18-16(19)10-13(12-21)11-17(18)20/h5-8,10-11H,2-4,9H2,1H3. The van der Waals surface area contributed by atoms with Gasteiger partial charge in [-0.3, -0.25) is 0 Å². The van der Waals surface area contributed by atoms with Gasteiger partial charge in [-0.15, -0.1) is 0 Å². The maximum absolute atomic E-state index is 13.9. The lowest BCUT2D eigenvalue weighted by molar-refractivity contribution is 0.306. The van der Waals surface area contributed by atoms with Crippen LogP contribution in [0.5, 0.6) is 5.75 Å². The molecular weight excluding hydrogens is 284 g/mol.